The monoisotopic (exact) mass is 1410 g/mol. The molecule has 0 fully saturated rings. The van der Waals surface area contributed by atoms with Crippen LogP contribution in [0.1, 0.15) is 401 Å². The highest BCUT2D eigenvalue weighted by Gasteiger charge is 2.30. The number of hydrogen-bond acceptors (Lipinski definition) is 15. The average molecular weight is 1410 g/mol. The lowest BCUT2D eigenvalue weighted by Crippen LogP contribution is -2.30. The van der Waals surface area contributed by atoms with Crippen molar-refractivity contribution in [2.24, 2.45) is 11.8 Å². The van der Waals surface area contributed by atoms with E-state index in [1.165, 1.54) is 212 Å². The Balaban J connectivity index is 5.14. The zero-order chi connectivity index (χ0) is 70.7. The number of hydrogen-bond donors (Lipinski definition) is 3. The Morgan fingerprint density at radius 2 is 0.479 bits per heavy atom. The molecule has 5 atom stereocenters. The van der Waals surface area contributed by atoms with E-state index in [2.05, 4.69) is 41.5 Å². The number of carbonyl (C=O) groups is 4. The second-order valence-corrected chi connectivity index (χ2v) is 31.6. The number of aliphatic hydroxyl groups excluding tert-OH is 1. The molecule has 96 heavy (non-hydrogen) atoms. The van der Waals surface area contributed by atoms with Crippen LogP contribution in [0.4, 0.5) is 0 Å². The molecule has 0 aliphatic heterocycles. The highest BCUT2D eigenvalue weighted by atomic mass is 31.2. The van der Waals surface area contributed by atoms with Crippen LogP contribution in [0.5, 0.6) is 0 Å². The summed E-state index contributed by atoms with van der Waals surface area (Å²) < 4.78 is 68.4. The van der Waals surface area contributed by atoms with Crippen molar-refractivity contribution in [3.63, 3.8) is 0 Å². The average Bonchev–Trinajstić information content (AvgIpc) is 1.25. The van der Waals surface area contributed by atoms with Crippen LogP contribution in [0.25, 0.3) is 0 Å². The molecule has 0 saturated heterocycles. The van der Waals surface area contributed by atoms with E-state index in [0.29, 0.717) is 25.7 Å². The minimum atomic E-state index is -4.96. The van der Waals surface area contributed by atoms with Gasteiger partial charge in [-0.3, -0.25) is 37.3 Å². The maximum absolute atomic E-state index is 13.1. The summed E-state index contributed by atoms with van der Waals surface area (Å²) in [4.78, 5) is 72.6. The SMILES string of the molecule is CCCCCCCCCCCCCCCCCCCCC(=O)O[C@H](COC(=O)CCCCCCCCCCCCCCCCC(C)C)COP(=O)(O)OC[C@@H](O)COP(=O)(O)OC[C@@H](COC(=O)CCCCCCC)OC(=O)CCCCCCCCCCCCCCCC(C)C. The van der Waals surface area contributed by atoms with Gasteiger partial charge in [0.1, 0.15) is 19.3 Å². The number of ether oxygens (including phenoxy) is 4. The van der Waals surface area contributed by atoms with Crippen LogP contribution in [0.15, 0.2) is 0 Å². The van der Waals surface area contributed by atoms with Crippen LogP contribution in [-0.2, 0) is 65.4 Å². The van der Waals surface area contributed by atoms with Gasteiger partial charge in [0.2, 0.25) is 0 Å². The molecule has 0 saturated carbocycles. The number of rotatable bonds is 76. The van der Waals surface area contributed by atoms with Gasteiger partial charge >= 0.3 is 39.5 Å². The van der Waals surface area contributed by atoms with Crippen molar-refractivity contribution in [2.45, 2.75) is 419 Å². The van der Waals surface area contributed by atoms with E-state index < -0.39 is 97.5 Å². The molecule has 17 nitrogen and oxygen atoms in total. The molecule has 0 aromatic carbocycles. The van der Waals surface area contributed by atoms with Crippen LogP contribution in [0.2, 0.25) is 0 Å². The first-order valence-corrected chi connectivity index (χ1v) is 43.0. The van der Waals surface area contributed by atoms with E-state index in [1.54, 1.807) is 0 Å². The van der Waals surface area contributed by atoms with Crippen LogP contribution < -0.4 is 0 Å². The summed E-state index contributed by atoms with van der Waals surface area (Å²) in [5.74, 6) is -0.538. The summed E-state index contributed by atoms with van der Waals surface area (Å²) in [5.41, 5.74) is 0. The second-order valence-electron chi connectivity index (χ2n) is 28.7. The van der Waals surface area contributed by atoms with Gasteiger partial charge in [-0.15, -0.1) is 0 Å². The highest BCUT2D eigenvalue weighted by molar-refractivity contribution is 7.47. The van der Waals surface area contributed by atoms with Gasteiger partial charge in [0, 0.05) is 25.7 Å². The summed E-state index contributed by atoms with van der Waals surface area (Å²) in [5, 5.41) is 10.6. The van der Waals surface area contributed by atoms with Crippen molar-refractivity contribution >= 4 is 39.5 Å². The number of unbranched alkanes of at least 4 members (excludes halogenated alkanes) is 46. The molecule has 2 unspecified atom stereocenters. The molecule has 0 bridgehead atoms. The van der Waals surface area contributed by atoms with Crippen molar-refractivity contribution < 1.29 is 80.2 Å². The molecule has 570 valence electrons. The molecule has 19 heteroatoms. The smallest absolute Gasteiger partial charge is 0.462 e. The van der Waals surface area contributed by atoms with Crippen LogP contribution in [-0.4, -0.2) is 96.7 Å². The predicted octanol–water partition coefficient (Wildman–Crippen LogP) is 22.7. The van der Waals surface area contributed by atoms with Gasteiger partial charge in [0.25, 0.3) is 0 Å². The van der Waals surface area contributed by atoms with E-state index in [0.717, 1.165) is 108 Å². The fourth-order valence-corrected chi connectivity index (χ4v) is 13.4. The Labute approximate surface area is 588 Å². The molecule has 3 N–H and O–H groups in total. The minimum Gasteiger partial charge on any atom is -0.462 e. The fourth-order valence-electron chi connectivity index (χ4n) is 11.8. The summed E-state index contributed by atoms with van der Waals surface area (Å²) >= 11 is 0. The standard InChI is InChI=1S/C77H150O17P2/c1-7-9-11-13-14-15-16-17-18-19-20-21-28-33-38-43-49-55-62-77(82)94-73(66-88-75(80)60-54-48-42-37-32-27-23-22-25-30-35-40-46-51-57-69(3)4)68-92-96(85,86)90-64-71(78)63-89-95(83,84)91-67-72(65-87-74(79)59-53-45-12-10-8-2)93-76(81)61-56-50-44-39-34-29-24-26-31-36-41-47-52-58-70(5)6/h69-73,78H,7-68H2,1-6H3,(H,83,84)(H,85,86)/t71-,72+,73+/m0/s1. The van der Waals surface area contributed by atoms with Gasteiger partial charge in [0.05, 0.1) is 26.4 Å². The lowest BCUT2D eigenvalue weighted by atomic mass is 10.0. The molecule has 0 rings (SSSR count). The van der Waals surface area contributed by atoms with Crippen LogP contribution in [0.3, 0.4) is 0 Å². The summed E-state index contributed by atoms with van der Waals surface area (Å²) in [7, 11) is -9.90. The molecule has 0 radical (unpaired) electrons. The molecule has 0 aliphatic carbocycles. The Bertz CT molecular complexity index is 1860. The van der Waals surface area contributed by atoms with Gasteiger partial charge in [-0.25, -0.2) is 9.13 Å². The molecule has 0 spiro atoms. The van der Waals surface area contributed by atoms with Crippen molar-refractivity contribution in [3.8, 4) is 0 Å². The first kappa shape index (κ1) is 94.1. The quantitative estimate of drug-likeness (QED) is 0.0222. The largest absolute Gasteiger partial charge is 0.472 e. The Kier molecular flexibility index (Phi) is 67.4. The first-order valence-electron chi connectivity index (χ1n) is 40.0. The van der Waals surface area contributed by atoms with E-state index in [9.17, 15) is 43.2 Å². The number of phosphoric acid groups is 2. The fraction of sp³-hybridized carbons (Fsp3) is 0.948. The summed E-state index contributed by atoms with van der Waals surface area (Å²) in [6.45, 7) is 9.56. The molecular weight excluding hydrogens is 1260 g/mol. The number of esters is 4. The van der Waals surface area contributed by atoms with E-state index >= 15 is 0 Å². The first-order chi connectivity index (χ1) is 46.4. The van der Waals surface area contributed by atoms with Gasteiger partial charge < -0.3 is 33.8 Å². The third kappa shape index (κ3) is 70.5. The lowest BCUT2D eigenvalue weighted by Gasteiger charge is -2.21. The Hall–Kier alpha value is -1.94. The maximum Gasteiger partial charge on any atom is 0.472 e. The van der Waals surface area contributed by atoms with Crippen LogP contribution in [0, 0.1) is 11.8 Å². The third-order valence-electron chi connectivity index (χ3n) is 18.0. The maximum atomic E-state index is 13.1. The second kappa shape index (κ2) is 68.8. The molecule has 0 aromatic heterocycles. The molecule has 0 amide bonds. The summed E-state index contributed by atoms with van der Waals surface area (Å²) in [6.07, 6.45) is 57.3. The van der Waals surface area contributed by atoms with Crippen molar-refractivity contribution in [3.05, 3.63) is 0 Å². The zero-order valence-corrected chi connectivity index (χ0v) is 64.5. The highest BCUT2D eigenvalue weighted by Crippen LogP contribution is 2.45. The third-order valence-corrected chi connectivity index (χ3v) is 19.9. The Morgan fingerprint density at radius 3 is 0.708 bits per heavy atom. The number of phosphoric ester groups is 2. The van der Waals surface area contributed by atoms with E-state index in [1.807, 2.05) is 0 Å². The summed E-state index contributed by atoms with van der Waals surface area (Å²) in [6, 6.07) is 0. The molecule has 0 aromatic rings. The topological polar surface area (TPSA) is 237 Å². The Morgan fingerprint density at radius 1 is 0.281 bits per heavy atom. The minimum absolute atomic E-state index is 0.106. The van der Waals surface area contributed by atoms with Crippen molar-refractivity contribution in [1.82, 2.24) is 0 Å². The number of carbonyl (C=O) groups excluding carboxylic acids is 4. The molecule has 0 heterocycles. The predicted molar refractivity (Wildman–Crippen MR) is 391 cm³/mol. The van der Waals surface area contributed by atoms with Gasteiger partial charge in [-0.2, -0.15) is 0 Å². The van der Waals surface area contributed by atoms with Crippen molar-refractivity contribution in [1.29, 1.82) is 0 Å². The van der Waals surface area contributed by atoms with Gasteiger partial charge in [-0.05, 0) is 37.5 Å². The number of aliphatic hydroxyl groups is 1. The molecule has 0 aliphatic rings. The lowest BCUT2D eigenvalue weighted by molar-refractivity contribution is -0.161. The van der Waals surface area contributed by atoms with Crippen molar-refractivity contribution in [2.75, 3.05) is 39.6 Å². The van der Waals surface area contributed by atoms with Gasteiger partial charge in [0.15, 0.2) is 12.2 Å². The zero-order valence-electron chi connectivity index (χ0n) is 62.7. The van der Waals surface area contributed by atoms with Crippen LogP contribution >= 0.6 is 15.6 Å². The normalized spacial score (nSPS) is 14.0. The van der Waals surface area contributed by atoms with Gasteiger partial charge in [-0.1, -0.05) is 350 Å². The molecular formula is C77H150O17P2. The van der Waals surface area contributed by atoms with E-state index in [-0.39, 0.29) is 25.7 Å². The van der Waals surface area contributed by atoms with E-state index in [4.69, 9.17) is 37.0 Å².